The Morgan fingerprint density at radius 2 is 1.77 bits per heavy atom. The Balaban J connectivity index is 1.42. The van der Waals surface area contributed by atoms with Crippen molar-refractivity contribution in [2.24, 2.45) is 0 Å². The fraction of sp³-hybridized carbons (Fsp3) is 0.391. The third kappa shape index (κ3) is 5.72. The molecule has 0 N–H and O–H groups in total. The Morgan fingerprint density at radius 1 is 1.11 bits per heavy atom. The van der Waals surface area contributed by atoms with E-state index in [4.69, 9.17) is 18.9 Å². The quantitative estimate of drug-likeness (QED) is 0.394. The van der Waals surface area contributed by atoms with Gasteiger partial charge in [-0.05, 0) is 13.8 Å². The minimum absolute atomic E-state index is 0.0183. The largest absolute Gasteiger partial charge is 0.460 e. The first kappa shape index (κ1) is 24.1. The first-order chi connectivity index (χ1) is 17.0. The molecule has 12 heteroatoms. The summed E-state index contributed by atoms with van der Waals surface area (Å²) in [6, 6.07) is 1.97. The molecule has 0 bridgehead atoms. The van der Waals surface area contributed by atoms with E-state index in [-0.39, 0.29) is 49.9 Å². The lowest BCUT2D eigenvalue weighted by Gasteiger charge is -2.32. The Bertz CT molecular complexity index is 1200. The van der Waals surface area contributed by atoms with Crippen LogP contribution in [-0.4, -0.2) is 86.0 Å². The van der Waals surface area contributed by atoms with Crippen LogP contribution in [0.5, 0.6) is 18.0 Å². The predicted molar refractivity (Wildman–Crippen MR) is 125 cm³/mol. The summed E-state index contributed by atoms with van der Waals surface area (Å²) in [6.45, 7) is 12.6. The molecular weight excluding hydrogens is 454 g/mol. The highest BCUT2D eigenvalue weighted by Gasteiger charge is 2.28. The van der Waals surface area contributed by atoms with Crippen LogP contribution in [0.2, 0.25) is 0 Å². The maximum atomic E-state index is 13.2. The fourth-order valence-electron chi connectivity index (χ4n) is 3.50. The Kier molecular flexibility index (Phi) is 7.51. The van der Waals surface area contributed by atoms with E-state index in [1.165, 1.54) is 0 Å². The van der Waals surface area contributed by atoms with Gasteiger partial charge < -0.3 is 23.8 Å². The normalized spacial score (nSPS) is 15.6. The van der Waals surface area contributed by atoms with Gasteiger partial charge in [-0.3, -0.25) is 4.79 Å². The first-order valence-corrected chi connectivity index (χ1v) is 11.1. The van der Waals surface area contributed by atoms with E-state index >= 15 is 0 Å². The van der Waals surface area contributed by atoms with E-state index < -0.39 is 0 Å². The Labute approximate surface area is 202 Å². The van der Waals surface area contributed by atoms with Gasteiger partial charge in [0, 0.05) is 18.8 Å². The summed E-state index contributed by atoms with van der Waals surface area (Å²) in [5, 5.41) is 4.42. The van der Waals surface area contributed by atoms with Crippen LogP contribution in [0.4, 0.5) is 0 Å². The van der Waals surface area contributed by atoms with Crippen LogP contribution < -0.4 is 14.2 Å². The van der Waals surface area contributed by atoms with Gasteiger partial charge in [-0.15, -0.1) is 15.0 Å². The van der Waals surface area contributed by atoms with Gasteiger partial charge in [0.15, 0.2) is 5.65 Å². The number of fused-ring (bicyclic) bond motifs is 1. The molecule has 1 aliphatic rings. The van der Waals surface area contributed by atoms with Gasteiger partial charge in [0.1, 0.15) is 25.9 Å². The number of amides is 1. The zero-order chi connectivity index (χ0) is 24.8. The molecule has 1 aliphatic heterocycles. The van der Waals surface area contributed by atoms with E-state index in [9.17, 15) is 4.79 Å². The highest BCUT2D eigenvalue weighted by Crippen LogP contribution is 2.18. The molecule has 1 amide bonds. The molecular formula is C23H27N7O5. The second-order valence-electron chi connectivity index (χ2n) is 7.75. The topological polar surface area (TPSA) is 126 Å². The number of ether oxygens (including phenoxy) is 4. The molecule has 1 fully saturated rings. The number of hydrogen-bond acceptors (Lipinski definition) is 10. The van der Waals surface area contributed by atoms with Crippen molar-refractivity contribution < 1.29 is 23.7 Å². The van der Waals surface area contributed by atoms with Crippen LogP contribution in [0.15, 0.2) is 37.6 Å². The van der Waals surface area contributed by atoms with Crippen LogP contribution in [0.3, 0.4) is 0 Å². The number of morpholine rings is 1. The minimum Gasteiger partial charge on any atom is -0.460 e. The standard InChI is InChI=1S/C23H27N7O5/c1-5-8-33-21-25-22(34-9-6-2)27-23(26-21)35-14-17-13-29(7-10-32-17)20(31)18-12-24-19-11-15(3)28-30(19)16(18)4/h5-6,11-12,17H,1-2,7-10,13-14H2,3-4H3. The van der Waals surface area contributed by atoms with Crippen LogP contribution in [-0.2, 0) is 4.74 Å². The van der Waals surface area contributed by atoms with Gasteiger partial charge in [-0.25, -0.2) is 9.50 Å². The zero-order valence-electron chi connectivity index (χ0n) is 19.7. The van der Waals surface area contributed by atoms with Crippen LogP contribution in [0, 0.1) is 13.8 Å². The third-order valence-corrected chi connectivity index (χ3v) is 5.14. The molecule has 4 rings (SSSR count). The van der Waals surface area contributed by atoms with Crippen LogP contribution in [0.1, 0.15) is 21.7 Å². The van der Waals surface area contributed by atoms with Gasteiger partial charge in [-0.1, -0.05) is 25.3 Å². The predicted octanol–water partition coefficient (Wildman–Crippen LogP) is 1.58. The molecule has 3 aromatic heterocycles. The van der Waals surface area contributed by atoms with E-state index in [0.717, 1.165) is 11.4 Å². The molecule has 4 heterocycles. The maximum absolute atomic E-state index is 13.2. The lowest BCUT2D eigenvalue weighted by atomic mass is 10.2. The molecule has 12 nitrogen and oxygen atoms in total. The molecule has 0 spiro atoms. The highest BCUT2D eigenvalue weighted by atomic mass is 16.6. The molecule has 35 heavy (non-hydrogen) atoms. The molecule has 1 saturated heterocycles. The summed E-state index contributed by atoms with van der Waals surface area (Å²) in [7, 11) is 0. The van der Waals surface area contributed by atoms with Crippen molar-refractivity contribution in [3.05, 3.63) is 54.5 Å². The minimum atomic E-state index is -0.386. The molecule has 184 valence electrons. The third-order valence-electron chi connectivity index (χ3n) is 5.14. The fourth-order valence-corrected chi connectivity index (χ4v) is 3.50. The molecule has 3 aromatic rings. The summed E-state index contributed by atoms with van der Waals surface area (Å²) in [4.78, 5) is 31.7. The number of aryl methyl sites for hydroxylation is 2. The second kappa shape index (κ2) is 10.9. The average molecular weight is 482 g/mol. The van der Waals surface area contributed by atoms with Gasteiger partial charge in [0.2, 0.25) is 0 Å². The van der Waals surface area contributed by atoms with Crippen molar-refractivity contribution in [2.45, 2.75) is 20.0 Å². The van der Waals surface area contributed by atoms with Gasteiger partial charge in [0.05, 0.1) is 30.1 Å². The number of nitrogens with zero attached hydrogens (tertiary/aromatic N) is 7. The van der Waals surface area contributed by atoms with Gasteiger partial charge in [-0.2, -0.15) is 5.10 Å². The number of carbonyl (C=O) groups is 1. The van der Waals surface area contributed by atoms with Crippen molar-refractivity contribution in [3.8, 4) is 18.0 Å². The smallest absolute Gasteiger partial charge is 0.326 e. The summed E-state index contributed by atoms with van der Waals surface area (Å²) >= 11 is 0. The highest BCUT2D eigenvalue weighted by molar-refractivity contribution is 5.95. The number of carbonyl (C=O) groups excluding carboxylic acids is 1. The molecule has 0 saturated carbocycles. The van der Waals surface area contributed by atoms with Gasteiger partial charge in [0.25, 0.3) is 5.91 Å². The van der Waals surface area contributed by atoms with E-state index in [1.54, 1.807) is 27.8 Å². The van der Waals surface area contributed by atoms with E-state index in [2.05, 4.69) is 38.2 Å². The molecule has 0 aromatic carbocycles. The van der Waals surface area contributed by atoms with Crippen LogP contribution >= 0.6 is 0 Å². The van der Waals surface area contributed by atoms with Gasteiger partial charge >= 0.3 is 18.0 Å². The Hall–Kier alpha value is -4.06. The van der Waals surface area contributed by atoms with E-state index in [0.29, 0.717) is 30.9 Å². The molecule has 0 radical (unpaired) electrons. The lowest BCUT2D eigenvalue weighted by Crippen LogP contribution is -2.48. The SMILES string of the molecule is C=CCOc1nc(OCC=C)nc(OCC2CN(C(=O)c3cnc4cc(C)nn4c3C)CCO2)n1. The second-order valence-corrected chi connectivity index (χ2v) is 7.75. The molecule has 0 aliphatic carbocycles. The first-order valence-electron chi connectivity index (χ1n) is 11.1. The van der Waals surface area contributed by atoms with Crippen molar-refractivity contribution in [3.63, 3.8) is 0 Å². The summed E-state index contributed by atoms with van der Waals surface area (Å²) < 4.78 is 24.0. The number of aromatic nitrogens is 6. The molecule has 1 unspecified atom stereocenters. The van der Waals surface area contributed by atoms with Crippen molar-refractivity contribution in [2.75, 3.05) is 39.5 Å². The summed E-state index contributed by atoms with van der Waals surface area (Å²) in [5.74, 6) is -0.140. The summed E-state index contributed by atoms with van der Waals surface area (Å²) in [5.41, 5.74) is 2.77. The maximum Gasteiger partial charge on any atom is 0.326 e. The Morgan fingerprint density at radius 3 is 2.43 bits per heavy atom. The number of hydrogen-bond donors (Lipinski definition) is 0. The molecule has 1 atom stereocenters. The number of rotatable bonds is 10. The van der Waals surface area contributed by atoms with E-state index in [1.807, 2.05) is 19.9 Å². The lowest BCUT2D eigenvalue weighted by molar-refractivity contribution is -0.0416. The summed E-state index contributed by atoms with van der Waals surface area (Å²) in [6.07, 6.45) is 4.34. The average Bonchev–Trinajstić information content (AvgIpc) is 3.26. The van der Waals surface area contributed by atoms with Crippen LogP contribution in [0.25, 0.3) is 5.65 Å². The van der Waals surface area contributed by atoms with Crippen molar-refractivity contribution in [1.29, 1.82) is 0 Å². The van der Waals surface area contributed by atoms with Crippen molar-refractivity contribution in [1.82, 2.24) is 34.4 Å². The zero-order valence-corrected chi connectivity index (χ0v) is 19.7. The monoisotopic (exact) mass is 481 g/mol. The van der Waals surface area contributed by atoms with Crippen molar-refractivity contribution >= 4 is 11.6 Å².